The van der Waals surface area contributed by atoms with Crippen LogP contribution in [-0.4, -0.2) is 17.3 Å². The smallest absolute Gasteiger partial charge is 0.322 e. The van der Waals surface area contributed by atoms with Crippen LogP contribution in [0.4, 0.5) is 6.01 Å². The molecule has 116 valence electrons. The molecular weight excluding hydrogens is 290 g/mol. The SMILES string of the molecule is COc1cccc2c1CCC2Nc1nc(-c2ccccc2)no1. The number of hydrogen-bond donors (Lipinski definition) is 1. The Morgan fingerprint density at radius 1 is 1.13 bits per heavy atom. The highest BCUT2D eigenvalue weighted by molar-refractivity contribution is 5.55. The van der Waals surface area contributed by atoms with Gasteiger partial charge in [-0.25, -0.2) is 0 Å². The molecule has 0 aliphatic heterocycles. The lowest BCUT2D eigenvalue weighted by Crippen LogP contribution is -2.07. The number of benzene rings is 2. The number of aromatic nitrogens is 2. The molecule has 1 unspecified atom stereocenters. The highest BCUT2D eigenvalue weighted by atomic mass is 16.5. The van der Waals surface area contributed by atoms with Crippen LogP contribution in [0.5, 0.6) is 5.75 Å². The average Bonchev–Trinajstić information content (AvgIpc) is 3.23. The number of ether oxygens (including phenoxy) is 1. The zero-order chi connectivity index (χ0) is 15.6. The van der Waals surface area contributed by atoms with Gasteiger partial charge in [0.2, 0.25) is 5.82 Å². The molecule has 1 N–H and O–H groups in total. The molecule has 4 rings (SSSR count). The van der Waals surface area contributed by atoms with Crippen LogP contribution in [0.2, 0.25) is 0 Å². The van der Waals surface area contributed by atoms with Gasteiger partial charge in [-0.1, -0.05) is 47.6 Å². The van der Waals surface area contributed by atoms with Crippen molar-refractivity contribution in [3.05, 3.63) is 59.7 Å². The van der Waals surface area contributed by atoms with Gasteiger partial charge in [-0.3, -0.25) is 0 Å². The molecule has 0 amide bonds. The van der Waals surface area contributed by atoms with Crippen LogP contribution in [0.15, 0.2) is 53.1 Å². The van der Waals surface area contributed by atoms with E-state index in [4.69, 9.17) is 9.26 Å². The second-order valence-electron chi connectivity index (χ2n) is 5.55. The van der Waals surface area contributed by atoms with E-state index in [-0.39, 0.29) is 6.04 Å². The maximum absolute atomic E-state index is 5.44. The van der Waals surface area contributed by atoms with Crippen molar-refractivity contribution in [3.8, 4) is 17.1 Å². The zero-order valence-electron chi connectivity index (χ0n) is 12.8. The summed E-state index contributed by atoms with van der Waals surface area (Å²) < 4.78 is 10.8. The lowest BCUT2D eigenvalue weighted by Gasteiger charge is -2.12. The van der Waals surface area contributed by atoms with Gasteiger partial charge in [0.25, 0.3) is 0 Å². The van der Waals surface area contributed by atoms with Crippen molar-refractivity contribution in [1.29, 1.82) is 0 Å². The van der Waals surface area contributed by atoms with Crippen LogP contribution in [0.3, 0.4) is 0 Å². The summed E-state index contributed by atoms with van der Waals surface area (Å²) in [4.78, 5) is 4.44. The number of rotatable bonds is 4. The summed E-state index contributed by atoms with van der Waals surface area (Å²) in [5, 5.41) is 7.39. The van der Waals surface area contributed by atoms with Gasteiger partial charge in [0.05, 0.1) is 13.2 Å². The predicted molar refractivity (Wildman–Crippen MR) is 87.4 cm³/mol. The minimum absolute atomic E-state index is 0.171. The third-order valence-corrected chi connectivity index (χ3v) is 4.20. The first-order valence-corrected chi connectivity index (χ1v) is 7.66. The molecule has 0 bridgehead atoms. The van der Waals surface area contributed by atoms with Gasteiger partial charge in [0.15, 0.2) is 0 Å². The molecule has 5 heteroatoms. The van der Waals surface area contributed by atoms with E-state index in [2.05, 4.69) is 21.5 Å². The van der Waals surface area contributed by atoms with Crippen molar-refractivity contribution in [2.75, 3.05) is 12.4 Å². The molecule has 5 nitrogen and oxygen atoms in total. The van der Waals surface area contributed by atoms with Crippen LogP contribution in [-0.2, 0) is 6.42 Å². The zero-order valence-corrected chi connectivity index (χ0v) is 12.8. The van der Waals surface area contributed by atoms with Gasteiger partial charge < -0.3 is 14.6 Å². The topological polar surface area (TPSA) is 60.2 Å². The van der Waals surface area contributed by atoms with E-state index in [1.54, 1.807) is 7.11 Å². The van der Waals surface area contributed by atoms with Crippen LogP contribution < -0.4 is 10.1 Å². The number of hydrogen-bond acceptors (Lipinski definition) is 5. The highest BCUT2D eigenvalue weighted by Crippen LogP contribution is 2.38. The Labute approximate surface area is 134 Å². The monoisotopic (exact) mass is 307 g/mol. The predicted octanol–water partition coefficient (Wildman–Crippen LogP) is 3.84. The maximum Gasteiger partial charge on any atom is 0.322 e. The summed E-state index contributed by atoms with van der Waals surface area (Å²) >= 11 is 0. The van der Waals surface area contributed by atoms with E-state index in [1.807, 2.05) is 42.5 Å². The summed E-state index contributed by atoms with van der Waals surface area (Å²) in [6, 6.07) is 16.6. The molecule has 3 aromatic rings. The van der Waals surface area contributed by atoms with Crippen LogP contribution in [0.1, 0.15) is 23.6 Å². The van der Waals surface area contributed by atoms with E-state index in [9.17, 15) is 0 Å². The van der Waals surface area contributed by atoms with Crippen LogP contribution in [0.25, 0.3) is 11.4 Å². The molecular formula is C18H17N3O2. The first-order valence-electron chi connectivity index (χ1n) is 7.66. The van der Waals surface area contributed by atoms with Crippen molar-refractivity contribution in [2.45, 2.75) is 18.9 Å². The first kappa shape index (κ1) is 13.8. The fourth-order valence-electron chi connectivity index (χ4n) is 3.10. The number of methoxy groups -OCH3 is 1. The van der Waals surface area contributed by atoms with E-state index in [1.165, 1.54) is 11.1 Å². The van der Waals surface area contributed by atoms with Gasteiger partial charge in [-0.15, -0.1) is 0 Å². The summed E-state index contributed by atoms with van der Waals surface area (Å²) in [6.07, 6.45) is 1.97. The Balaban J connectivity index is 1.56. The molecule has 1 aliphatic rings. The second-order valence-corrected chi connectivity index (χ2v) is 5.55. The van der Waals surface area contributed by atoms with Crippen molar-refractivity contribution in [1.82, 2.24) is 10.1 Å². The van der Waals surface area contributed by atoms with Crippen molar-refractivity contribution in [2.24, 2.45) is 0 Å². The Morgan fingerprint density at radius 3 is 2.83 bits per heavy atom. The molecule has 1 heterocycles. The molecule has 0 saturated carbocycles. The Bertz CT molecular complexity index is 814. The maximum atomic E-state index is 5.44. The van der Waals surface area contributed by atoms with Gasteiger partial charge in [0.1, 0.15) is 5.75 Å². The van der Waals surface area contributed by atoms with Crippen molar-refractivity contribution in [3.63, 3.8) is 0 Å². The van der Waals surface area contributed by atoms with Crippen LogP contribution >= 0.6 is 0 Å². The molecule has 0 spiro atoms. The minimum Gasteiger partial charge on any atom is -0.496 e. The molecule has 1 atom stereocenters. The van der Waals surface area contributed by atoms with E-state index in [0.29, 0.717) is 11.8 Å². The second kappa shape index (κ2) is 5.76. The lowest BCUT2D eigenvalue weighted by molar-refractivity contribution is 0.410. The Morgan fingerprint density at radius 2 is 2.00 bits per heavy atom. The quantitative estimate of drug-likeness (QED) is 0.793. The molecule has 23 heavy (non-hydrogen) atoms. The molecule has 0 saturated heterocycles. The fraction of sp³-hybridized carbons (Fsp3) is 0.222. The summed E-state index contributed by atoms with van der Waals surface area (Å²) in [5.41, 5.74) is 3.44. The summed E-state index contributed by atoms with van der Waals surface area (Å²) in [5.74, 6) is 1.54. The average molecular weight is 307 g/mol. The number of fused-ring (bicyclic) bond motifs is 1. The molecule has 1 aromatic heterocycles. The number of nitrogens with zero attached hydrogens (tertiary/aromatic N) is 2. The third kappa shape index (κ3) is 2.54. The van der Waals surface area contributed by atoms with E-state index < -0.39 is 0 Å². The molecule has 2 aromatic carbocycles. The van der Waals surface area contributed by atoms with Crippen LogP contribution in [0, 0.1) is 0 Å². The standard InChI is InChI=1S/C18H17N3O2/c1-22-16-9-5-8-13-14(16)10-11-15(13)19-18-20-17(21-23-18)12-6-3-2-4-7-12/h2-9,15H,10-11H2,1H3,(H,19,20,21). The first-order chi connectivity index (χ1) is 11.3. The van der Waals surface area contributed by atoms with Gasteiger partial charge in [-0.05, 0) is 30.0 Å². The third-order valence-electron chi connectivity index (χ3n) is 4.20. The highest BCUT2D eigenvalue weighted by Gasteiger charge is 2.26. The normalized spacial score (nSPS) is 16.1. The number of anilines is 1. The van der Waals surface area contributed by atoms with Crippen molar-refractivity contribution >= 4 is 6.01 Å². The molecule has 0 radical (unpaired) electrons. The fourth-order valence-corrected chi connectivity index (χ4v) is 3.10. The number of nitrogens with one attached hydrogen (secondary N) is 1. The Hall–Kier alpha value is -2.82. The van der Waals surface area contributed by atoms with Crippen molar-refractivity contribution < 1.29 is 9.26 Å². The van der Waals surface area contributed by atoms with Gasteiger partial charge in [-0.2, -0.15) is 4.98 Å². The van der Waals surface area contributed by atoms with Gasteiger partial charge in [0, 0.05) is 5.56 Å². The Kier molecular flexibility index (Phi) is 3.46. The van der Waals surface area contributed by atoms with E-state index >= 15 is 0 Å². The largest absolute Gasteiger partial charge is 0.496 e. The molecule has 1 aliphatic carbocycles. The summed E-state index contributed by atoms with van der Waals surface area (Å²) in [7, 11) is 1.71. The minimum atomic E-state index is 0.171. The van der Waals surface area contributed by atoms with E-state index in [0.717, 1.165) is 24.2 Å². The lowest BCUT2D eigenvalue weighted by atomic mass is 10.1. The molecule has 0 fully saturated rings. The summed E-state index contributed by atoms with van der Waals surface area (Å²) in [6.45, 7) is 0. The van der Waals surface area contributed by atoms with Gasteiger partial charge >= 0.3 is 6.01 Å².